The number of hydrogen-bond donors (Lipinski definition) is 2. The van der Waals surface area contributed by atoms with Crippen LogP contribution in [0.3, 0.4) is 0 Å². The van der Waals surface area contributed by atoms with Crippen molar-refractivity contribution in [3.63, 3.8) is 0 Å². The molecule has 0 aliphatic rings. The van der Waals surface area contributed by atoms with Crippen molar-refractivity contribution < 1.29 is 17.2 Å². The topological polar surface area (TPSA) is 98.6 Å². The molecule has 4 N–H and O–H groups in total. The van der Waals surface area contributed by atoms with Crippen LogP contribution >= 0.6 is 0 Å². The van der Waals surface area contributed by atoms with Crippen molar-refractivity contribution >= 4 is 10.4 Å². The predicted octanol–water partition coefficient (Wildman–Crippen LogP) is 0.790. The van der Waals surface area contributed by atoms with E-state index in [1.165, 1.54) is 6.08 Å². The van der Waals surface area contributed by atoms with Gasteiger partial charge in [-0.25, -0.2) is 4.18 Å². The van der Waals surface area contributed by atoms with Gasteiger partial charge < -0.3 is 6.15 Å². The first-order valence-electron chi connectivity index (χ1n) is 1.79. The van der Waals surface area contributed by atoms with E-state index in [-0.39, 0.29) is 20.2 Å². The van der Waals surface area contributed by atoms with Crippen LogP contribution in [0.5, 0.6) is 0 Å². The third-order valence-corrected chi connectivity index (χ3v) is 0.769. The lowest BCUT2D eigenvalue weighted by Gasteiger charge is -1.90. The minimum atomic E-state index is -4.26. The third kappa shape index (κ3) is 15.6. The minimum absolute atomic E-state index is 0. The molecule has 0 aromatic carbocycles. The van der Waals surface area contributed by atoms with Crippen molar-refractivity contribution in [1.29, 1.82) is 0 Å². The molecule has 0 saturated heterocycles. The van der Waals surface area contributed by atoms with Crippen LogP contribution in [0, 0.1) is 0 Å². The first-order valence-corrected chi connectivity index (χ1v) is 3.15. The molecule has 0 bridgehead atoms. The molecular formula is C4H13NO4S. The average Bonchev–Trinajstić information content (AvgIpc) is 1.59. The van der Waals surface area contributed by atoms with Crippen molar-refractivity contribution in [2.45, 2.75) is 7.43 Å². The summed E-state index contributed by atoms with van der Waals surface area (Å²) in [7, 11) is -4.26. The molecule has 0 unspecified atom stereocenters. The minimum Gasteiger partial charge on any atom is -0.344 e. The Labute approximate surface area is 61.2 Å². The summed E-state index contributed by atoms with van der Waals surface area (Å²) < 4.78 is 31.0. The molecule has 0 heterocycles. The van der Waals surface area contributed by atoms with Crippen LogP contribution in [0.1, 0.15) is 7.43 Å². The summed E-state index contributed by atoms with van der Waals surface area (Å²) >= 11 is 0. The zero-order valence-corrected chi connectivity index (χ0v) is 5.60. The van der Waals surface area contributed by atoms with Gasteiger partial charge in [0.2, 0.25) is 0 Å². The Balaban J connectivity index is -0.000000245. The molecule has 0 fully saturated rings. The fraction of sp³-hybridized carbons (Fsp3) is 0.500. The largest absolute Gasteiger partial charge is 0.397 e. The quantitative estimate of drug-likeness (QED) is 0.483. The Morgan fingerprint density at radius 2 is 2.00 bits per heavy atom. The van der Waals surface area contributed by atoms with Gasteiger partial charge in [-0.1, -0.05) is 13.5 Å². The first kappa shape index (κ1) is 16.3. The van der Waals surface area contributed by atoms with Crippen molar-refractivity contribution in [3.8, 4) is 0 Å². The Hall–Kier alpha value is -0.430. The van der Waals surface area contributed by atoms with Crippen LogP contribution in [-0.4, -0.2) is 19.6 Å². The maximum atomic E-state index is 9.68. The van der Waals surface area contributed by atoms with Crippen molar-refractivity contribution in [2.75, 3.05) is 6.61 Å². The lowest BCUT2D eigenvalue weighted by atomic mass is 10.7. The Morgan fingerprint density at radius 3 is 2.10 bits per heavy atom. The van der Waals surface area contributed by atoms with Gasteiger partial charge in [-0.3, -0.25) is 4.55 Å². The standard InChI is InChI=1S/C3H6O4S.CH4.H3N/c1-2-3-7-8(4,5)6;;/h2H,1,3H2,(H,4,5,6);1H4;1H3. The van der Waals surface area contributed by atoms with Crippen LogP contribution in [-0.2, 0) is 14.6 Å². The second-order valence-corrected chi connectivity index (χ2v) is 2.09. The van der Waals surface area contributed by atoms with Crippen molar-refractivity contribution in [2.24, 2.45) is 0 Å². The van der Waals surface area contributed by atoms with Crippen LogP contribution in [0.15, 0.2) is 12.7 Å². The van der Waals surface area contributed by atoms with Crippen LogP contribution in [0.2, 0.25) is 0 Å². The summed E-state index contributed by atoms with van der Waals surface area (Å²) in [4.78, 5) is 0. The highest BCUT2D eigenvalue weighted by molar-refractivity contribution is 7.80. The SMILES string of the molecule is C.C=CCOS(=O)(=O)O.N. The van der Waals surface area contributed by atoms with Crippen molar-refractivity contribution in [1.82, 2.24) is 6.15 Å². The Bertz CT molecular complexity index is 162. The Kier molecular flexibility index (Phi) is 10.9. The van der Waals surface area contributed by atoms with E-state index in [1.54, 1.807) is 0 Å². The highest BCUT2D eigenvalue weighted by Gasteiger charge is 1.99. The molecule has 0 radical (unpaired) electrons. The van der Waals surface area contributed by atoms with E-state index in [4.69, 9.17) is 4.55 Å². The third-order valence-electron chi connectivity index (χ3n) is 0.335. The Morgan fingerprint density at radius 1 is 1.60 bits per heavy atom. The predicted molar refractivity (Wildman–Crippen MR) is 39.5 cm³/mol. The lowest BCUT2D eigenvalue weighted by Crippen LogP contribution is -2.02. The smallest absolute Gasteiger partial charge is 0.344 e. The summed E-state index contributed by atoms with van der Waals surface area (Å²) in [6, 6.07) is 0. The maximum absolute atomic E-state index is 9.68. The average molecular weight is 171 g/mol. The molecule has 5 nitrogen and oxygen atoms in total. The van der Waals surface area contributed by atoms with E-state index in [9.17, 15) is 8.42 Å². The molecule has 0 amide bonds. The molecule has 0 aliphatic heterocycles. The van der Waals surface area contributed by atoms with Crippen LogP contribution < -0.4 is 6.15 Å². The molecule has 0 rings (SSSR count). The van der Waals surface area contributed by atoms with Gasteiger partial charge in [0.1, 0.15) is 0 Å². The van der Waals surface area contributed by atoms with E-state index in [0.717, 1.165) is 0 Å². The van der Waals surface area contributed by atoms with Crippen LogP contribution in [0.25, 0.3) is 0 Å². The second-order valence-electron chi connectivity index (χ2n) is 1.00. The maximum Gasteiger partial charge on any atom is 0.397 e. The van der Waals surface area contributed by atoms with E-state index < -0.39 is 10.4 Å². The number of rotatable bonds is 3. The molecule has 0 spiro atoms. The molecule has 64 valence electrons. The molecular weight excluding hydrogens is 158 g/mol. The monoisotopic (exact) mass is 171 g/mol. The van der Waals surface area contributed by atoms with E-state index >= 15 is 0 Å². The summed E-state index contributed by atoms with van der Waals surface area (Å²) in [5.41, 5.74) is 0. The molecule has 6 heteroatoms. The van der Waals surface area contributed by atoms with Gasteiger partial charge in [0.25, 0.3) is 0 Å². The number of hydrogen-bond acceptors (Lipinski definition) is 4. The van der Waals surface area contributed by atoms with Crippen LogP contribution in [0.4, 0.5) is 0 Å². The normalized spacial score (nSPS) is 8.90. The fourth-order valence-corrected chi connectivity index (χ4v) is 0.402. The summed E-state index contributed by atoms with van der Waals surface area (Å²) in [5, 5.41) is 0. The zero-order valence-electron chi connectivity index (χ0n) is 4.78. The van der Waals surface area contributed by atoms with E-state index in [2.05, 4.69) is 10.8 Å². The summed E-state index contributed by atoms with van der Waals surface area (Å²) in [5.74, 6) is 0. The van der Waals surface area contributed by atoms with Gasteiger partial charge >= 0.3 is 10.4 Å². The second kappa shape index (κ2) is 6.69. The van der Waals surface area contributed by atoms with Gasteiger partial charge in [0.05, 0.1) is 6.61 Å². The zero-order chi connectivity index (χ0) is 6.62. The first-order chi connectivity index (χ1) is 3.56. The van der Waals surface area contributed by atoms with E-state index in [0.29, 0.717) is 0 Å². The summed E-state index contributed by atoms with van der Waals surface area (Å²) in [6.45, 7) is 2.97. The van der Waals surface area contributed by atoms with Gasteiger partial charge in [-0.15, -0.1) is 6.58 Å². The highest BCUT2D eigenvalue weighted by atomic mass is 32.3. The lowest BCUT2D eigenvalue weighted by molar-refractivity contribution is 0.296. The van der Waals surface area contributed by atoms with Gasteiger partial charge in [0.15, 0.2) is 0 Å². The fourth-order valence-electron chi connectivity index (χ4n) is 0.134. The van der Waals surface area contributed by atoms with Gasteiger partial charge in [-0.2, -0.15) is 8.42 Å². The molecule has 0 aromatic heterocycles. The summed E-state index contributed by atoms with van der Waals surface area (Å²) in [6.07, 6.45) is 1.22. The highest BCUT2D eigenvalue weighted by Crippen LogP contribution is 1.83. The molecule has 10 heavy (non-hydrogen) atoms. The molecule has 0 aromatic rings. The van der Waals surface area contributed by atoms with Crippen molar-refractivity contribution in [3.05, 3.63) is 12.7 Å². The molecule has 0 aliphatic carbocycles. The van der Waals surface area contributed by atoms with E-state index in [1.807, 2.05) is 0 Å². The molecule has 0 atom stereocenters. The van der Waals surface area contributed by atoms with Gasteiger partial charge in [-0.05, 0) is 0 Å². The van der Waals surface area contributed by atoms with Gasteiger partial charge in [0, 0.05) is 0 Å². The molecule has 0 saturated carbocycles.